The number of benzene rings is 1. The molecule has 2 heterocycles. The average molecular weight is 319 g/mol. The predicted octanol–water partition coefficient (Wildman–Crippen LogP) is 1.37. The van der Waals surface area contributed by atoms with Crippen LogP contribution in [-0.2, 0) is 22.5 Å². The Balaban J connectivity index is 1.71. The maximum atomic E-state index is 12.4. The lowest BCUT2D eigenvalue weighted by atomic mass is 10.1. The number of fused-ring (bicyclic) bond motifs is 1. The normalized spacial score (nSPS) is 17.7. The number of carbonyl (C=O) groups is 1. The average Bonchev–Trinajstić information content (AvgIpc) is 2.90. The molecule has 0 fully saturated rings. The first-order chi connectivity index (χ1) is 10.8. The van der Waals surface area contributed by atoms with Gasteiger partial charge >= 0.3 is 0 Å². The summed E-state index contributed by atoms with van der Waals surface area (Å²) in [4.78, 5) is 12.4. The van der Waals surface area contributed by atoms with Crippen LogP contribution in [0.2, 0.25) is 0 Å². The third-order valence-electron chi connectivity index (χ3n) is 3.50. The molecule has 0 saturated carbocycles. The smallest absolute Gasteiger partial charge is 0.237 e. The number of tetrazole rings is 1. The maximum absolute atomic E-state index is 12.4. The van der Waals surface area contributed by atoms with Crippen molar-refractivity contribution in [2.75, 3.05) is 19.0 Å². The Bertz CT molecular complexity index is 660. The lowest BCUT2D eigenvalue weighted by Crippen LogP contribution is -2.24. The summed E-state index contributed by atoms with van der Waals surface area (Å²) in [5.74, 6) is -0.00348. The molecule has 22 heavy (non-hydrogen) atoms. The van der Waals surface area contributed by atoms with E-state index in [-0.39, 0.29) is 11.2 Å². The Kier molecular flexibility index (Phi) is 4.69. The number of hydrogen-bond acceptors (Lipinski definition) is 6. The summed E-state index contributed by atoms with van der Waals surface area (Å²) in [7, 11) is 1.63. The van der Waals surface area contributed by atoms with Crippen LogP contribution >= 0.6 is 11.8 Å². The van der Waals surface area contributed by atoms with Crippen molar-refractivity contribution in [2.24, 2.45) is 0 Å². The van der Waals surface area contributed by atoms with Crippen molar-refractivity contribution in [2.45, 2.75) is 29.8 Å². The Morgan fingerprint density at radius 2 is 2.32 bits per heavy atom. The van der Waals surface area contributed by atoms with Gasteiger partial charge in [0, 0.05) is 12.8 Å². The molecule has 1 unspecified atom stereocenters. The first-order valence-corrected chi connectivity index (χ1v) is 7.96. The minimum absolute atomic E-state index is 0.00348. The minimum Gasteiger partial charge on any atom is -0.383 e. The van der Waals surface area contributed by atoms with Crippen molar-refractivity contribution in [3.63, 3.8) is 0 Å². The van der Waals surface area contributed by atoms with Crippen LogP contribution in [0.1, 0.15) is 12.0 Å². The van der Waals surface area contributed by atoms with Gasteiger partial charge in [-0.15, -0.1) is 5.10 Å². The van der Waals surface area contributed by atoms with Crippen LogP contribution in [0.4, 0.5) is 5.69 Å². The van der Waals surface area contributed by atoms with E-state index in [0.717, 1.165) is 24.1 Å². The number of aryl methyl sites for hydroxylation is 1. The molecule has 1 aliphatic rings. The first-order valence-electron chi connectivity index (χ1n) is 7.08. The highest BCUT2D eigenvalue weighted by atomic mass is 32.2. The number of rotatable bonds is 5. The van der Waals surface area contributed by atoms with E-state index in [4.69, 9.17) is 4.74 Å². The van der Waals surface area contributed by atoms with Gasteiger partial charge in [-0.25, -0.2) is 4.68 Å². The van der Waals surface area contributed by atoms with Gasteiger partial charge in [0.2, 0.25) is 11.1 Å². The number of nitrogens with one attached hydrogen (secondary N) is 1. The van der Waals surface area contributed by atoms with Crippen molar-refractivity contribution in [3.8, 4) is 0 Å². The molecule has 1 aliphatic heterocycles. The highest BCUT2D eigenvalue weighted by Gasteiger charge is 2.26. The lowest BCUT2D eigenvalue weighted by molar-refractivity contribution is -0.115. The van der Waals surface area contributed by atoms with Gasteiger partial charge in [0.1, 0.15) is 0 Å². The molecule has 116 valence electrons. The lowest BCUT2D eigenvalue weighted by Gasteiger charge is -2.12. The van der Waals surface area contributed by atoms with Gasteiger partial charge in [-0.3, -0.25) is 4.79 Å². The highest BCUT2D eigenvalue weighted by molar-refractivity contribution is 8.00. The van der Waals surface area contributed by atoms with Gasteiger partial charge in [-0.05, 0) is 34.9 Å². The Morgan fingerprint density at radius 1 is 1.45 bits per heavy atom. The molecule has 0 aliphatic carbocycles. The SMILES string of the molecule is COCCn1nnnc1SC1CCc2ccccc2NC1=O. The molecule has 1 aromatic heterocycles. The monoisotopic (exact) mass is 319 g/mol. The second-order valence-corrected chi connectivity index (χ2v) is 6.14. The summed E-state index contributed by atoms with van der Waals surface area (Å²) in [6.07, 6.45) is 1.61. The van der Waals surface area contributed by atoms with Crippen molar-refractivity contribution in [3.05, 3.63) is 29.8 Å². The summed E-state index contributed by atoms with van der Waals surface area (Å²) in [6.45, 7) is 1.10. The molecule has 8 heteroatoms. The van der Waals surface area contributed by atoms with E-state index >= 15 is 0 Å². The number of anilines is 1. The van der Waals surface area contributed by atoms with E-state index in [1.165, 1.54) is 11.8 Å². The van der Waals surface area contributed by atoms with Crippen molar-refractivity contribution in [1.29, 1.82) is 0 Å². The summed E-state index contributed by atoms with van der Waals surface area (Å²) < 4.78 is 6.70. The van der Waals surface area contributed by atoms with E-state index in [0.29, 0.717) is 18.3 Å². The van der Waals surface area contributed by atoms with Gasteiger partial charge in [0.05, 0.1) is 18.4 Å². The van der Waals surface area contributed by atoms with E-state index < -0.39 is 0 Å². The van der Waals surface area contributed by atoms with Gasteiger partial charge < -0.3 is 10.1 Å². The van der Waals surface area contributed by atoms with E-state index in [1.807, 2.05) is 24.3 Å². The molecule has 0 radical (unpaired) electrons. The van der Waals surface area contributed by atoms with Crippen LogP contribution in [0.25, 0.3) is 0 Å². The highest BCUT2D eigenvalue weighted by Crippen LogP contribution is 2.30. The summed E-state index contributed by atoms with van der Waals surface area (Å²) in [6, 6.07) is 7.90. The third kappa shape index (κ3) is 3.28. The fourth-order valence-electron chi connectivity index (χ4n) is 2.33. The number of thioether (sulfide) groups is 1. The number of methoxy groups -OCH3 is 1. The summed E-state index contributed by atoms with van der Waals surface area (Å²) >= 11 is 1.40. The number of nitrogens with zero attached hydrogens (tertiary/aromatic N) is 4. The Labute approximate surface area is 132 Å². The fraction of sp³-hybridized carbons (Fsp3) is 0.429. The number of aromatic nitrogens is 4. The third-order valence-corrected chi connectivity index (χ3v) is 4.73. The number of amides is 1. The van der Waals surface area contributed by atoms with Gasteiger partial charge in [-0.2, -0.15) is 0 Å². The molecule has 0 bridgehead atoms. The molecule has 1 amide bonds. The van der Waals surface area contributed by atoms with Crippen LogP contribution in [-0.4, -0.2) is 45.1 Å². The molecular weight excluding hydrogens is 302 g/mol. The molecule has 0 saturated heterocycles. The molecule has 1 aromatic carbocycles. The van der Waals surface area contributed by atoms with Crippen LogP contribution in [0.15, 0.2) is 29.4 Å². The largest absolute Gasteiger partial charge is 0.383 e. The predicted molar refractivity (Wildman–Crippen MR) is 82.7 cm³/mol. The maximum Gasteiger partial charge on any atom is 0.237 e. The Hall–Kier alpha value is -1.93. The standard InChI is InChI=1S/C14H17N5O2S/c1-21-9-8-19-14(16-17-18-19)22-12-7-6-10-4-2-3-5-11(10)15-13(12)20/h2-5,12H,6-9H2,1H3,(H,15,20). The second-order valence-electron chi connectivity index (χ2n) is 4.97. The number of ether oxygens (including phenoxy) is 1. The topological polar surface area (TPSA) is 81.9 Å². The minimum atomic E-state index is -0.209. The van der Waals surface area contributed by atoms with Crippen LogP contribution in [0, 0.1) is 0 Å². The van der Waals surface area contributed by atoms with Crippen LogP contribution in [0.3, 0.4) is 0 Å². The number of hydrogen-bond donors (Lipinski definition) is 1. The van der Waals surface area contributed by atoms with Gasteiger partial charge in [0.25, 0.3) is 0 Å². The zero-order chi connectivity index (χ0) is 15.4. The fourth-order valence-corrected chi connectivity index (χ4v) is 3.32. The van der Waals surface area contributed by atoms with Crippen LogP contribution in [0.5, 0.6) is 0 Å². The number of carbonyl (C=O) groups excluding carboxylic acids is 1. The second kappa shape index (κ2) is 6.89. The zero-order valence-electron chi connectivity index (χ0n) is 12.2. The van der Waals surface area contributed by atoms with E-state index in [1.54, 1.807) is 11.8 Å². The van der Waals surface area contributed by atoms with E-state index in [9.17, 15) is 4.79 Å². The molecule has 1 N–H and O–H groups in total. The van der Waals surface area contributed by atoms with Gasteiger partial charge in [0.15, 0.2) is 0 Å². The molecule has 3 rings (SSSR count). The van der Waals surface area contributed by atoms with Crippen molar-refractivity contribution in [1.82, 2.24) is 20.2 Å². The molecule has 0 spiro atoms. The molecule has 2 aromatic rings. The number of para-hydroxylation sites is 1. The van der Waals surface area contributed by atoms with E-state index in [2.05, 4.69) is 20.8 Å². The molecule has 1 atom stereocenters. The summed E-state index contributed by atoms with van der Waals surface area (Å²) in [5, 5.41) is 15.0. The van der Waals surface area contributed by atoms with Crippen molar-refractivity contribution < 1.29 is 9.53 Å². The van der Waals surface area contributed by atoms with Crippen LogP contribution < -0.4 is 5.32 Å². The molecule has 7 nitrogen and oxygen atoms in total. The quantitative estimate of drug-likeness (QED) is 0.896. The Morgan fingerprint density at radius 3 is 3.18 bits per heavy atom. The van der Waals surface area contributed by atoms with Gasteiger partial charge in [-0.1, -0.05) is 30.0 Å². The zero-order valence-corrected chi connectivity index (χ0v) is 13.0. The first kappa shape index (κ1) is 15.0. The summed E-state index contributed by atoms with van der Waals surface area (Å²) in [5.41, 5.74) is 2.06. The van der Waals surface area contributed by atoms with Crippen molar-refractivity contribution >= 4 is 23.4 Å². The molecular formula is C14H17N5O2S.